The summed E-state index contributed by atoms with van der Waals surface area (Å²) in [7, 11) is 0. The van der Waals surface area contributed by atoms with Crippen LogP contribution in [0.2, 0.25) is 0 Å². The van der Waals surface area contributed by atoms with Crippen molar-refractivity contribution in [1.82, 2.24) is 0 Å². The number of carbonyl (C=O) groups is 2. The lowest BCUT2D eigenvalue weighted by molar-refractivity contribution is -0.151. The average Bonchev–Trinajstić information content (AvgIpc) is 2.69. The Labute approximate surface area is 136 Å². The maximum atomic E-state index is 11.8. The van der Waals surface area contributed by atoms with E-state index in [1.807, 2.05) is 20.8 Å². The van der Waals surface area contributed by atoms with Crippen molar-refractivity contribution in [2.24, 2.45) is 0 Å². The molecule has 0 radical (unpaired) electrons. The zero-order chi connectivity index (χ0) is 17.0. The first-order valence-electron chi connectivity index (χ1n) is 7.87. The van der Waals surface area contributed by atoms with Crippen LogP contribution in [0.4, 0.5) is 0 Å². The lowest BCUT2D eigenvalue weighted by atomic mass is 10.1. The van der Waals surface area contributed by atoms with Crippen LogP contribution in [0.15, 0.2) is 24.3 Å². The van der Waals surface area contributed by atoms with Crippen molar-refractivity contribution >= 4 is 11.9 Å². The summed E-state index contributed by atoms with van der Waals surface area (Å²) in [5.41, 5.74) is 0. The number of cyclic esters (lactones) is 2. The van der Waals surface area contributed by atoms with Crippen LogP contribution in [0.1, 0.15) is 40.5 Å². The molecule has 0 N–H and O–H groups in total. The van der Waals surface area contributed by atoms with Gasteiger partial charge >= 0.3 is 11.9 Å². The largest absolute Gasteiger partial charge is 0.459 e. The van der Waals surface area contributed by atoms with E-state index in [0.29, 0.717) is 12.8 Å². The molecule has 1 saturated heterocycles. The molecule has 0 saturated carbocycles. The first-order chi connectivity index (χ1) is 10.7. The summed E-state index contributed by atoms with van der Waals surface area (Å²) >= 11 is 0. The number of hydrogen-bond donors (Lipinski definition) is 0. The molecule has 0 aromatic carbocycles. The summed E-state index contributed by atoms with van der Waals surface area (Å²) in [5, 5.41) is 0. The van der Waals surface area contributed by atoms with Gasteiger partial charge in [0.1, 0.15) is 18.3 Å². The Morgan fingerprint density at radius 2 is 1.65 bits per heavy atom. The van der Waals surface area contributed by atoms with Gasteiger partial charge in [-0.2, -0.15) is 0 Å². The van der Waals surface area contributed by atoms with Crippen molar-refractivity contribution in [1.29, 1.82) is 0 Å². The summed E-state index contributed by atoms with van der Waals surface area (Å²) in [6.45, 7) is 7.19. The molecule has 0 amide bonds. The maximum Gasteiger partial charge on any atom is 0.330 e. The van der Waals surface area contributed by atoms with E-state index in [1.54, 1.807) is 19.1 Å². The quantitative estimate of drug-likeness (QED) is 0.637. The van der Waals surface area contributed by atoms with Crippen LogP contribution < -0.4 is 0 Å². The molecular formula is C17H24O6. The first-order valence-corrected chi connectivity index (χ1v) is 7.87. The second-order valence-electron chi connectivity index (χ2n) is 6.37. The predicted octanol–water partition coefficient (Wildman–Crippen LogP) is 2.28. The Hall–Kier alpha value is -1.66. The minimum Gasteiger partial charge on any atom is -0.459 e. The SMILES string of the molecule is C[C@@H]1C/C=C/C(=O)O[C@H](C)C[C@H]2OC(C)(C)O[C@@H]2/C=C/C(=O)O1. The van der Waals surface area contributed by atoms with Crippen LogP contribution >= 0.6 is 0 Å². The minimum absolute atomic E-state index is 0.304. The van der Waals surface area contributed by atoms with E-state index in [0.717, 1.165) is 0 Å². The fraction of sp³-hybridized carbons (Fsp3) is 0.647. The molecule has 4 atom stereocenters. The first kappa shape index (κ1) is 17.7. The maximum absolute atomic E-state index is 11.8. The molecule has 0 aliphatic carbocycles. The highest BCUT2D eigenvalue weighted by Crippen LogP contribution is 2.31. The number of fused-ring (bicyclic) bond motifs is 1. The van der Waals surface area contributed by atoms with Gasteiger partial charge in [-0.25, -0.2) is 9.59 Å². The van der Waals surface area contributed by atoms with Crippen molar-refractivity contribution < 1.29 is 28.5 Å². The smallest absolute Gasteiger partial charge is 0.330 e. The van der Waals surface area contributed by atoms with E-state index in [1.165, 1.54) is 12.2 Å². The zero-order valence-corrected chi connectivity index (χ0v) is 14.0. The summed E-state index contributed by atoms with van der Waals surface area (Å²) in [6.07, 6.45) is 5.58. The van der Waals surface area contributed by atoms with Crippen molar-refractivity contribution in [2.45, 2.75) is 70.7 Å². The van der Waals surface area contributed by atoms with Crippen molar-refractivity contribution in [2.75, 3.05) is 0 Å². The van der Waals surface area contributed by atoms with E-state index in [4.69, 9.17) is 18.9 Å². The van der Waals surface area contributed by atoms with Gasteiger partial charge < -0.3 is 18.9 Å². The van der Waals surface area contributed by atoms with Crippen LogP contribution in [0.5, 0.6) is 0 Å². The Morgan fingerprint density at radius 1 is 1.00 bits per heavy atom. The molecule has 0 unspecified atom stereocenters. The van der Waals surface area contributed by atoms with Crippen molar-refractivity contribution in [3.8, 4) is 0 Å². The molecular weight excluding hydrogens is 300 g/mol. The molecule has 0 aromatic rings. The molecule has 0 bridgehead atoms. The summed E-state index contributed by atoms with van der Waals surface area (Å²) in [5.74, 6) is -1.61. The van der Waals surface area contributed by atoms with E-state index >= 15 is 0 Å². The number of hydrogen-bond acceptors (Lipinski definition) is 6. The third-order valence-electron chi connectivity index (χ3n) is 3.56. The molecule has 2 rings (SSSR count). The van der Waals surface area contributed by atoms with Gasteiger partial charge in [-0.3, -0.25) is 0 Å². The normalized spacial score (nSPS) is 37.9. The Balaban J connectivity index is 2.17. The van der Waals surface area contributed by atoms with E-state index in [-0.39, 0.29) is 18.3 Å². The van der Waals surface area contributed by atoms with Crippen molar-refractivity contribution in [3.05, 3.63) is 24.3 Å². The minimum atomic E-state index is -0.755. The van der Waals surface area contributed by atoms with E-state index < -0.39 is 23.8 Å². The van der Waals surface area contributed by atoms with Gasteiger partial charge in [0.2, 0.25) is 0 Å². The lowest BCUT2D eigenvalue weighted by Gasteiger charge is -2.20. The molecule has 0 spiro atoms. The number of esters is 2. The zero-order valence-electron chi connectivity index (χ0n) is 14.0. The summed E-state index contributed by atoms with van der Waals surface area (Å²) in [6, 6.07) is 0. The average molecular weight is 324 g/mol. The molecule has 0 aromatic heterocycles. The van der Waals surface area contributed by atoms with Gasteiger partial charge in [0.25, 0.3) is 0 Å². The fourth-order valence-corrected chi connectivity index (χ4v) is 2.64. The summed E-state index contributed by atoms with van der Waals surface area (Å²) in [4.78, 5) is 23.6. The fourth-order valence-electron chi connectivity index (χ4n) is 2.64. The molecule has 23 heavy (non-hydrogen) atoms. The highest BCUT2D eigenvalue weighted by atomic mass is 16.8. The molecule has 2 heterocycles. The van der Waals surface area contributed by atoms with Crippen molar-refractivity contribution in [3.63, 3.8) is 0 Å². The second-order valence-corrected chi connectivity index (χ2v) is 6.37. The Kier molecular flexibility index (Phi) is 5.59. The van der Waals surface area contributed by atoms with Crippen LogP contribution in [0.25, 0.3) is 0 Å². The van der Waals surface area contributed by atoms with E-state index in [2.05, 4.69) is 0 Å². The summed E-state index contributed by atoms with van der Waals surface area (Å²) < 4.78 is 22.2. The Morgan fingerprint density at radius 3 is 2.39 bits per heavy atom. The molecule has 6 nitrogen and oxygen atoms in total. The standard InChI is InChI=1S/C17H24O6/c1-11-6-5-7-15(18)21-12(2)10-14-13(8-9-16(19)20-11)22-17(3,4)23-14/h5,7-9,11-14H,6,10H2,1-4H3/b7-5+,9-8+/t11-,12-,13-,14-/m1/s1. The van der Waals surface area contributed by atoms with Crippen LogP contribution in [0.3, 0.4) is 0 Å². The monoisotopic (exact) mass is 324 g/mol. The van der Waals surface area contributed by atoms with Gasteiger partial charge in [-0.05, 0) is 33.8 Å². The molecule has 1 fully saturated rings. The lowest BCUT2D eigenvalue weighted by Crippen LogP contribution is -2.28. The highest BCUT2D eigenvalue weighted by Gasteiger charge is 2.41. The number of ether oxygens (including phenoxy) is 4. The molecule has 2 aliphatic rings. The van der Waals surface area contributed by atoms with Crippen LogP contribution in [-0.4, -0.2) is 42.1 Å². The topological polar surface area (TPSA) is 71.1 Å². The van der Waals surface area contributed by atoms with Gasteiger partial charge in [0.05, 0.1) is 6.10 Å². The third-order valence-corrected chi connectivity index (χ3v) is 3.56. The van der Waals surface area contributed by atoms with Gasteiger partial charge in [-0.15, -0.1) is 0 Å². The van der Waals surface area contributed by atoms with Crippen LogP contribution in [0, 0.1) is 0 Å². The van der Waals surface area contributed by atoms with E-state index in [9.17, 15) is 9.59 Å². The number of carbonyl (C=O) groups excluding carboxylic acids is 2. The third kappa shape index (κ3) is 5.48. The second kappa shape index (κ2) is 7.27. The van der Waals surface area contributed by atoms with Gasteiger partial charge in [-0.1, -0.05) is 6.08 Å². The highest BCUT2D eigenvalue weighted by molar-refractivity contribution is 5.82. The molecule has 128 valence electrons. The molecule has 6 heteroatoms. The number of rotatable bonds is 0. The van der Waals surface area contributed by atoms with Gasteiger partial charge in [0.15, 0.2) is 5.79 Å². The molecule has 2 aliphatic heterocycles. The predicted molar refractivity (Wildman–Crippen MR) is 82.4 cm³/mol. The van der Waals surface area contributed by atoms with Crippen LogP contribution in [-0.2, 0) is 28.5 Å². The van der Waals surface area contributed by atoms with Gasteiger partial charge in [0, 0.05) is 25.0 Å². The Bertz CT molecular complexity index is 507.